The summed E-state index contributed by atoms with van der Waals surface area (Å²) in [5, 5.41) is 6.77. The van der Waals surface area contributed by atoms with E-state index in [1.807, 2.05) is 12.4 Å². The van der Waals surface area contributed by atoms with Crippen LogP contribution in [0.5, 0.6) is 0 Å². The van der Waals surface area contributed by atoms with Crippen molar-refractivity contribution in [1.29, 1.82) is 0 Å². The second-order valence-corrected chi connectivity index (χ2v) is 8.84. The van der Waals surface area contributed by atoms with Gasteiger partial charge in [0, 0.05) is 44.0 Å². The van der Waals surface area contributed by atoms with Crippen LogP contribution in [0.1, 0.15) is 12.0 Å². The van der Waals surface area contributed by atoms with Crippen LogP contribution in [0.3, 0.4) is 0 Å². The maximum absolute atomic E-state index is 12.1. The van der Waals surface area contributed by atoms with Gasteiger partial charge in [-0.1, -0.05) is 0 Å². The summed E-state index contributed by atoms with van der Waals surface area (Å²) in [7, 11) is -2.66. The lowest BCUT2D eigenvalue weighted by atomic mass is 10.0. The Labute approximate surface area is 159 Å². The number of aromatic amines is 1. The first kappa shape index (κ1) is 18.0. The Balaban J connectivity index is 1.71. The highest BCUT2D eigenvalue weighted by atomic mass is 32.2. The molecule has 3 aromatic rings. The molecule has 0 amide bonds. The summed E-state index contributed by atoms with van der Waals surface area (Å²) in [4.78, 5) is 14.4. The van der Waals surface area contributed by atoms with Crippen LogP contribution >= 0.6 is 0 Å². The molecule has 1 fully saturated rings. The van der Waals surface area contributed by atoms with Crippen molar-refractivity contribution in [3.63, 3.8) is 0 Å². The normalized spacial score (nSPS) is 18.4. The highest BCUT2D eigenvalue weighted by molar-refractivity contribution is 7.96. The van der Waals surface area contributed by atoms with E-state index in [-0.39, 0.29) is 0 Å². The monoisotopic (exact) mass is 384 g/mol. The van der Waals surface area contributed by atoms with E-state index in [0.717, 1.165) is 40.8 Å². The van der Waals surface area contributed by atoms with Gasteiger partial charge in [0.05, 0.1) is 15.4 Å². The largest absolute Gasteiger partial charge is 0.367 e. The molecule has 2 aromatic heterocycles. The molecule has 8 heteroatoms. The zero-order chi connectivity index (χ0) is 19.0. The molecule has 0 aliphatic carbocycles. The summed E-state index contributed by atoms with van der Waals surface area (Å²) >= 11 is 0. The van der Waals surface area contributed by atoms with Crippen LogP contribution in [0.15, 0.2) is 36.9 Å². The SMILES string of the molecule is C=S(N)(=O)N1CCCN(c2ncnc3cc(-c4cc[nH]c4)c(C)cc23)CC1. The van der Waals surface area contributed by atoms with Crippen molar-refractivity contribution in [3.05, 3.63) is 42.5 Å². The molecule has 142 valence electrons. The lowest BCUT2D eigenvalue weighted by molar-refractivity contribution is 0.471. The van der Waals surface area contributed by atoms with Gasteiger partial charge in [-0.05, 0) is 54.1 Å². The average molecular weight is 385 g/mol. The van der Waals surface area contributed by atoms with E-state index in [1.54, 1.807) is 10.6 Å². The summed E-state index contributed by atoms with van der Waals surface area (Å²) in [5.74, 6) is 4.53. The Morgan fingerprint density at radius 1 is 1.22 bits per heavy atom. The van der Waals surface area contributed by atoms with Gasteiger partial charge in [-0.2, -0.15) is 0 Å². The smallest absolute Gasteiger partial charge is 0.139 e. The Morgan fingerprint density at radius 3 is 2.81 bits per heavy atom. The fourth-order valence-corrected chi connectivity index (χ4v) is 4.50. The third-order valence-corrected chi connectivity index (χ3v) is 6.30. The lowest BCUT2D eigenvalue weighted by Crippen LogP contribution is -2.39. The molecular formula is C19H24N6OS. The van der Waals surface area contributed by atoms with Gasteiger partial charge in [-0.3, -0.25) is 0 Å². The molecule has 1 aliphatic rings. The van der Waals surface area contributed by atoms with E-state index in [4.69, 9.17) is 5.14 Å². The van der Waals surface area contributed by atoms with E-state index in [9.17, 15) is 4.21 Å². The second kappa shape index (κ2) is 6.95. The Kier molecular flexibility index (Phi) is 4.63. The maximum Gasteiger partial charge on any atom is 0.139 e. The molecule has 0 bridgehead atoms. The van der Waals surface area contributed by atoms with Gasteiger partial charge in [-0.15, -0.1) is 0 Å². The van der Waals surface area contributed by atoms with E-state index < -0.39 is 9.89 Å². The zero-order valence-corrected chi connectivity index (χ0v) is 16.2. The van der Waals surface area contributed by atoms with E-state index >= 15 is 0 Å². The number of aromatic nitrogens is 3. The quantitative estimate of drug-likeness (QED) is 0.675. The molecule has 1 aromatic carbocycles. The molecule has 1 unspecified atom stereocenters. The molecule has 0 saturated carbocycles. The number of H-pyrrole nitrogens is 1. The molecule has 1 saturated heterocycles. The number of hydrogen-bond donors (Lipinski definition) is 2. The first-order valence-electron chi connectivity index (χ1n) is 8.97. The first-order valence-corrected chi connectivity index (χ1v) is 10.7. The van der Waals surface area contributed by atoms with Crippen molar-refractivity contribution in [3.8, 4) is 11.1 Å². The van der Waals surface area contributed by atoms with Gasteiger partial charge >= 0.3 is 0 Å². The maximum atomic E-state index is 12.1. The predicted molar refractivity (Wildman–Crippen MR) is 112 cm³/mol. The molecule has 3 N–H and O–H groups in total. The number of nitrogens with zero attached hydrogens (tertiary/aromatic N) is 4. The van der Waals surface area contributed by atoms with Crippen LogP contribution in [0, 0.1) is 6.92 Å². The van der Waals surface area contributed by atoms with Crippen LogP contribution in [0.25, 0.3) is 22.0 Å². The molecule has 7 nitrogen and oxygen atoms in total. The topological polar surface area (TPSA) is 91.1 Å². The molecule has 3 heterocycles. The molecule has 1 aliphatic heterocycles. The molecule has 27 heavy (non-hydrogen) atoms. The summed E-state index contributed by atoms with van der Waals surface area (Å²) in [6, 6.07) is 6.33. The number of anilines is 1. The van der Waals surface area contributed by atoms with Crippen molar-refractivity contribution < 1.29 is 4.21 Å². The Hall–Kier alpha value is -2.42. The summed E-state index contributed by atoms with van der Waals surface area (Å²) < 4.78 is 13.9. The fraction of sp³-hybridized carbons (Fsp3) is 0.316. The third kappa shape index (κ3) is 3.55. The Bertz CT molecular complexity index is 1060. The minimum Gasteiger partial charge on any atom is -0.367 e. The standard InChI is InChI=1S/C19H24N6OS/c1-14-10-17-18(11-16(14)15-4-5-21-12-15)22-13-23-19(17)24-6-3-7-25(9-8-24)27(2,20)26/h4-5,10-13,21H,2-3,6-9H2,1H3,(H2,20,26). The number of fused-ring (bicyclic) bond motifs is 1. The average Bonchev–Trinajstić information content (AvgIpc) is 3.03. The van der Waals surface area contributed by atoms with Gasteiger partial charge in [0.15, 0.2) is 0 Å². The van der Waals surface area contributed by atoms with Crippen molar-refractivity contribution in [1.82, 2.24) is 19.3 Å². The number of benzene rings is 1. The minimum absolute atomic E-state index is 0.602. The van der Waals surface area contributed by atoms with E-state index in [2.05, 4.69) is 50.8 Å². The molecule has 0 radical (unpaired) electrons. The highest BCUT2D eigenvalue weighted by Crippen LogP contribution is 2.31. The van der Waals surface area contributed by atoms with E-state index in [1.165, 1.54) is 5.56 Å². The van der Waals surface area contributed by atoms with Crippen LogP contribution in [0.2, 0.25) is 0 Å². The zero-order valence-electron chi connectivity index (χ0n) is 15.4. The van der Waals surface area contributed by atoms with Crippen molar-refractivity contribution >= 4 is 32.5 Å². The van der Waals surface area contributed by atoms with Gasteiger partial charge in [0.25, 0.3) is 0 Å². The minimum atomic E-state index is -2.66. The van der Waals surface area contributed by atoms with Gasteiger partial charge in [-0.25, -0.2) is 23.6 Å². The molecular weight excluding hydrogens is 360 g/mol. The van der Waals surface area contributed by atoms with Crippen molar-refractivity contribution in [2.45, 2.75) is 13.3 Å². The Morgan fingerprint density at radius 2 is 2.07 bits per heavy atom. The number of aryl methyl sites for hydroxylation is 1. The lowest BCUT2D eigenvalue weighted by Gasteiger charge is -2.24. The molecule has 0 spiro atoms. The number of rotatable bonds is 3. The number of hydrogen-bond acceptors (Lipinski definition) is 4. The fourth-order valence-electron chi connectivity index (χ4n) is 3.67. The summed E-state index contributed by atoms with van der Waals surface area (Å²) in [5.41, 5.74) is 4.41. The highest BCUT2D eigenvalue weighted by Gasteiger charge is 2.21. The van der Waals surface area contributed by atoms with Crippen LogP contribution in [-0.2, 0) is 9.89 Å². The first-order chi connectivity index (χ1) is 12.9. The van der Waals surface area contributed by atoms with Gasteiger partial charge in [0.1, 0.15) is 12.1 Å². The van der Waals surface area contributed by atoms with Crippen LogP contribution in [-0.4, -0.2) is 55.5 Å². The molecule has 4 rings (SSSR count). The van der Waals surface area contributed by atoms with Crippen LogP contribution in [0.4, 0.5) is 5.82 Å². The van der Waals surface area contributed by atoms with Crippen molar-refractivity contribution in [2.24, 2.45) is 5.14 Å². The number of nitrogens with two attached hydrogens (primary N) is 1. The summed E-state index contributed by atoms with van der Waals surface area (Å²) in [6.45, 7) is 4.92. The molecule has 1 atom stereocenters. The number of nitrogens with one attached hydrogen (secondary N) is 1. The third-order valence-electron chi connectivity index (χ3n) is 5.06. The van der Waals surface area contributed by atoms with Gasteiger partial charge < -0.3 is 9.88 Å². The van der Waals surface area contributed by atoms with E-state index in [0.29, 0.717) is 19.6 Å². The van der Waals surface area contributed by atoms with Crippen LogP contribution < -0.4 is 10.0 Å². The second-order valence-electron chi connectivity index (χ2n) is 6.94. The van der Waals surface area contributed by atoms with Crippen molar-refractivity contribution in [2.75, 3.05) is 31.1 Å². The summed E-state index contributed by atoms with van der Waals surface area (Å²) in [6.07, 6.45) is 6.38. The predicted octanol–water partition coefficient (Wildman–Crippen LogP) is 1.95. The van der Waals surface area contributed by atoms with Gasteiger partial charge in [0.2, 0.25) is 0 Å².